The first-order valence-electron chi connectivity index (χ1n) is 8.69. The van der Waals surface area contributed by atoms with E-state index in [0.29, 0.717) is 11.6 Å². The van der Waals surface area contributed by atoms with Crippen molar-refractivity contribution in [3.63, 3.8) is 0 Å². The van der Waals surface area contributed by atoms with E-state index in [2.05, 4.69) is 0 Å². The van der Waals surface area contributed by atoms with Gasteiger partial charge in [-0.2, -0.15) is 0 Å². The topological polar surface area (TPSA) is 54.5 Å². The number of amides is 1. The Morgan fingerprint density at radius 2 is 1.96 bits per heavy atom. The van der Waals surface area contributed by atoms with E-state index < -0.39 is 9.84 Å². The fraction of sp³-hybridized carbons (Fsp3) is 0.611. The van der Waals surface area contributed by atoms with Gasteiger partial charge in [0.25, 0.3) is 0 Å². The maximum Gasteiger partial charge on any atom is 0.228 e. The third kappa shape index (κ3) is 3.62. The zero-order valence-electron chi connectivity index (χ0n) is 14.1. The van der Waals surface area contributed by atoms with E-state index in [0.717, 1.165) is 55.3 Å². The van der Waals surface area contributed by atoms with Crippen LogP contribution in [0.15, 0.2) is 12.1 Å². The molecule has 3 rings (SSSR count). The largest absolute Gasteiger partial charge is 0.312 e. The molecule has 1 saturated carbocycles. The average Bonchev–Trinajstić information content (AvgIpc) is 3.07. The third-order valence-electron chi connectivity index (χ3n) is 5.15. The zero-order valence-corrected chi connectivity index (χ0v) is 15.6. The summed E-state index contributed by atoms with van der Waals surface area (Å²) in [5.41, 5.74) is 2.98. The summed E-state index contributed by atoms with van der Waals surface area (Å²) in [4.78, 5) is 14.4. The lowest BCUT2D eigenvalue weighted by atomic mass is 9.98. The molecule has 0 aromatic heterocycles. The van der Waals surface area contributed by atoms with Crippen LogP contribution in [0.25, 0.3) is 0 Å². The number of carbonyl (C=O) groups excluding carboxylic acids is 1. The highest BCUT2D eigenvalue weighted by Gasteiger charge is 2.31. The van der Waals surface area contributed by atoms with Gasteiger partial charge in [-0.05, 0) is 55.9 Å². The molecule has 1 amide bonds. The van der Waals surface area contributed by atoms with Crippen LogP contribution in [0.2, 0.25) is 5.02 Å². The fourth-order valence-electron chi connectivity index (χ4n) is 3.95. The van der Waals surface area contributed by atoms with Gasteiger partial charge in [0.2, 0.25) is 5.91 Å². The van der Waals surface area contributed by atoms with Crippen LogP contribution in [0.3, 0.4) is 0 Å². The molecule has 6 heteroatoms. The molecule has 24 heavy (non-hydrogen) atoms. The second-order valence-electron chi connectivity index (χ2n) is 6.90. The van der Waals surface area contributed by atoms with Crippen LogP contribution in [0.1, 0.15) is 49.7 Å². The summed E-state index contributed by atoms with van der Waals surface area (Å²) in [5.74, 6) is -0.127. The number of carbonyl (C=O) groups is 1. The Morgan fingerprint density at radius 1 is 1.25 bits per heavy atom. The summed E-state index contributed by atoms with van der Waals surface area (Å²) in [6.07, 6.45) is 5.32. The SMILES string of the molecule is Cc1cc(Cl)cc2c1N(C(=O)CCS(=O)(=O)C1CCCC1)CCC2. The number of hydrogen-bond acceptors (Lipinski definition) is 3. The van der Waals surface area contributed by atoms with Crippen molar-refractivity contribution >= 4 is 33.0 Å². The Hall–Kier alpha value is -1.07. The number of fused-ring (bicyclic) bond motifs is 1. The molecule has 0 radical (unpaired) electrons. The van der Waals surface area contributed by atoms with Crippen LogP contribution in [0.5, 0.6) is 0 Å². The van der Waals surface area contributed by atoms with Crippen molar-refractivity contribution in [2.75, 3.05) is 17.2 Å². The Labute approximate surface area is 149 Å². The molecule has 1 fully saturated rings. The van der Waals surface area contributed by atoms with Gasteiger partial charge in [0.05, 0.1) is 11.0 Å². The van der Waals surface area contributed by atoms with Crippen molar-refractivity contribution in [1.82, 2.24) is 0 Å². The molecule has 1 aliphatic carbocycles. The maximum atomic E-state index is 12.7. The van der Waals surface area contributed by atoms with Gasteiger partial charge in [-0.3, -0.25) is 4.79 Å². The van der Waals surface area contributed by atoms with Crippen LogP contribution >= 0.6 is 11.6 Å². The number of anilines is 1. The van der Waals surface area contributed by atoms with Gasteiger partial charge in [0.15, 0.2) is 9.84 Å². The van der Waals surface area contributed by atoms with Crippen LogP contribution in [0, 0.1) is 6.92 Å². The van der Waals surface area contributed by atoms with E-state index >= 15 is 0 Å². The quantitative estimate of drug-likeness (QED) is 0.813. The van der Waals surface area contributed by atoms with Crippen molar-refractivity contribution in [3.8, 4) is 0 Å². The zero-order chi connectivity index (χ0) is 17.3. The Balaban J connectivity index is 1.73. The molecule has 0 spiro atoms. The van der Waals surface area contributed by atoms with Crippen LogP contribution < -0.4 is 4.90 Å². The summed E-state index contributed by atoms with van der Waals surface area (Å²) in [5, 5.41) is 0.448. The van der Waals surface area contributed by atoms with Gasteiger partial charge >= 0.3 is 0 Å². The Kier molecular flexibility index (Phi) is 5.21. The number of rotatable bonds is 4. The van der Waals surface area contributed by atoms with Crippen LogP contribution in [-0.2, 0) is 21.1 Å². The van der Waals surface area contributed by atoms with E-state index in [1.807, 2.05) is 19.1 Å². The molecule has 132 valence electrons. The van der Waals surface area contributed by atoms with Gasteiger partial charge in [-0.25, -0.2) is 8.42 Å². The van der Waals surface area contributed by atoms with Gasteiger partial charge in [-0.15, -0.1) is 0 Å². The van der Waals surface area contributed by atoms with E-state index in [4.69, 9.17) is 11.6 Å². The number of aryl methyl sites for hydroxylation is 2. The monoisotopic (exact) mass is 369 g/mol. The van der Waals surface area contributed by atoms with Gasteiger partial charge in [-0.1, -0.05) is 24.4 Å². The van der Waals surface area contributed by atoms with Crippen molar-refractivity contribution < 1.29 is 13.2 Å². The van der Waals surface area contributed by atoms with Gasteiger partial charge in [0.1, 0.15) is 0 Å². The predicted octanol–water partition coefficient (Wildman–Crippen LogP) is 3.68. The molecule has 0 saturated heterocycles. The van der Waals surface area contributed by atoms with Gasteiger partial charge < -0.3 is 4.90 Å². The lowest BCUT2D eigenvalue weighted by Crippen LogP contribution is -2.37. The highest BCUT2D eigenvalue weighted by atomic mass is 35.5. The number of sulfone groups is 1. The van der Waals surface area contributed by atoms with Crippen molar-refractivity contribution in [3.05, 3.63) is 28.3 Å². The summed E-state index contributed by atoms with van der Waals surface area (Å²) >= 11 is 6.12. The third-order valence-corrected chi connectivity index (χ3v) is 7.63. The number of nitrogens with zero attached hydrogens (tertiary/aromatic N) is 1. The molecular weight excluding hydrogens is 346 g/mol. The lowest BCUT2D eigenvalue weighted by molar-refractivity contribution is -0.118. The minimum Gasteiger partial charge on any atom is -0.312 e. The summed E-state index contributed by atoms with van der Waals surface area (Å²) in [6.45, 7) is 2.60. The normalized spacial score (nSPS) is 18.7. The standard InChI is InChI=1S/C18H24ClNO3S/c1-13-11-15(19)12-14-5-4-9-20(18(13)14)17(21)8-10-24(22,23)16-6-2-3-7-16/h11-12,16H,2-10H2,1H3. The summed E-state index contributed by atoms with van der Waals surface area (Å²) in [7, 11) is -3.16. The predicted molar refractivity (Wildman–Crippen MR) is 97.5 cm³/mol. The second kappa shape index (κ2) is 7.04. The molecule has 1 aromatic rings. The Morgan fingerprint density at radius 3 is 2.67 bits per heavy atom. The molecule has 0 atom stereocenters. The van der Waals surface area contributed by atoms with E-state index in [1.165, 1.54) is 0 Å². The molecule has 0 bridgehead atoms. The molecule has 1 heterocycles. The number of benzene rings is 1. The van der Waals surface area contributed by atoms with Crippen LogP contribution in [-0.4, -0.2) is 31.9 Å². The molecule has 4 nitrogen and oxygen atoms in total. The average molecular weight is 370 g/mol. The first kappa shape index (κ1) is 17.7. The molecular formula is C18H24ClNO3S. The highest BCUT2D eigenvalue weighted by molar-refractivity contribution is 7.92. The minimum atomic E-state index is -3.16. The highest BCUT2D eigenvalue weighted by Crippen LogP contribution is 2.34. The summed E-state index contributed by atoms with van der Waals surface area (Å²) < 4.78 is 24.8. The Bertz CT molecular complexity index is 739. The minimum absolute atomic E-state index is 0.0328. The number of hydrogen-bond donors (Lipinski definition) is 0. The first-order valence-corrected chi connectivity index (χ1v) is 10.8. The van der Waals surface area contributed by atoms with Crippen molar-refractivity contribution in [1.29, 1.82) is 0 Å². The van der Waals surface area contributed by atoms with E-state index in [9.17, 15) is 13.2 Å². The van der Waals surface area contributed by atoms with Crippen molar-refractivity contribution in [2.45, 2.75) is 57.1 Å². The first-order chi connectivity index (χ1) is 11.4. The fourth-order valence-corrected chi connectivity index (χ4v) is 6.09. The van der Waals surface area contributed by atoms with Crippen LogP contribution in [0.4, 0.5) is 5.69 Å². The van der Waals surface area contributed by atoms with Crippen molar-refractivity contribution in [2.24, 2.45) is 0 Å². The second-order valence-corrected chi connectivity index (χ2v) is 9.74. The number of halogens is 1. The molecule has 0 unspecified atom stereocenters. The van der Waals surface area contributed by atoms with E-state index in [-0.39, 0.29) is 23.3 Å². The lowest BCUT2D eigenvalue weighted by Gasteiger charge is -2.31. The smallest absolute Gasteiger partial charge is 0.228 e. The molecule has 1 aromatic carbocycles. The van der Waals surface area contributed by atoms with Gasteiger partial charge in [0, 0.05) is 23.7 Å². The molecule has 0 N–H and O–H groups in total. The maximum absolute atomic E-state index is 12.7. The van der Waals surface area contributed by atoms with E-state index in [1.54, 1.807) is 4.90 Å². The molecule has 2 aliphatic rings. The molecule has 1 aliphatic heterocycles. The summed E-state index contributed by atoms with van der Waals surface area (Å²) in [6, 6.07) is 3.78.